The van der Waals surface area contributed by atoms with E-state index in [2.05, 4.69) is 10.3 Å². The Balaban J connectivity index is 1.96. The largest absolute Gasteiger partial charge is 0.416 e. The zero-order valence-electron chi connectivity index (χ0n) is 12.3. The molecule has 1 unspecified atom stereocenters. The number of hydrogen-bond donors (Lipinski definition) is 1. The second kappa shape index (κ2) is 7.09. The fourth-order valence-electron chi connectivity index (χ4n) is 1.95. The summed E-state index contributed by atoms with van der Waals surface area (Å²) in [7, 11) is 0. The molecule has 1 atom stereocenters. The lowest BCUT2D eigenvalue weighted by Crippen LogP contribution is -2.24. The van der Waals surface area contributed by atoms with Gasteiger partial charge in [0, 0.05) is 18.5 Å². The molecule has 0 aliphatic rings. The molecule has 0 radical (unpaired) electrons. The molecule has 0 aliphatic heterocycles. The van der Waals surface area contributed by atoms with Crippen LogP contribution < -0.4 is 5.32 Å². The Kier molecular flexibility index (Phi) is 5.16. The lowest BCUT2D eigenvalue weighted by molar-refractivity contribution is -0.137. The Bertz CT molecular complexity index is 679. The van der Waals surface area contributed by atoms with Crippen molar-refractivity contribution in [3.63, 3.8) is 0 Å². The van der Waals surface area contributed by atoms with E-state index in [1.54, 1.807) is 24.5 Å². The Morgan fingerprint density at radius 2 is 1.74 bits per heavy atom. The van der Waals surface area contributed by atoms with E-state index < -0.39 is 11.7 Å². The summed E-state index contributed by atoms with van der Waals surface area (Å²) in [6.45, 7) is 1.83. The first-order valence-electron chi connectivity index (χ1n) is 6.92. The van der Waals surface area contributed by atoms with E-state index in [0.29, 0.717) is 5.56 Å². The Morgan fingerprint density at radius 3 is 2.30 bits per heavy atom. The van der Waals surface area contributed by atoms with Gasteiger partial charge in [-0.15, -0.1) is 0 Å². The summed E-state index contributed by atoms with van der Waals surface area (Å²) < 4.78 is 37.4. The second-order valence-corrected chi connectivity index (χ2v) is 4.96. The van der Waals surface area contributed by atoms with Crippen molar-refractivity contribution >= 4 is 12.0 Å². The van der Waals surface area contributed by atoms with E-state index >= 15 is 0 Å². The smallest absolute Gasteiger partial charge is 0.346 e. The molecule has 23 heavy (non-hydrogen) atoms. The van der Waals surface area contributed by atoms with Gasteiger partial charge in [0.05, 0.1) is 11.6 Å². The van der Waals surface area contributed by atoms with Gasteiger partial charge >= 0.3 is 6.18 Å². The van der Waals surface area contributed by atoms with E-state index in [4.69, 9.17) is 0 Å². The summed E-state index contributed by atoms with van der Waals surface area (Å²) in [5.41, 5.74) is 0.714. The van der Waals surface area contributed by atoms with Gasteiger partial charge in [-0.05, 0) is 48.4 Å². The van der Waals surface area contributed by atoms with Crippen LogP contribution in [0.2, 0.25) is 0 Å². The van der Waals surface area contributed by atoms with Crippen LogP contribution in [0, 0.1) is 0 Å². The molecule has 1 aromatic carbocycles. The minimum atomic E-state index is -4.36. The molecule has 0 saturated heterocycles. The molecule has 0 fully saturated rings. The fourth-order valence-corrected chi connectivity index (χ4v) is 1.95. The van der Waals surface area contributed by atoms with Gasteiger partial charge in [0.2, 0.25) is 5.91 Å². The Labute approximate surface area is 131 Å². The van der Waals surface area contributed by atoms with Crippen molar-refractivity contribution in [3.05, 3.63) is 71.6 Å². The average Bonchev–Trinajstić information content (AvgIpc) is 2.53. The van der Waals surface area contributed by atoms with Crippen LogP contribution >= 0.6 is 0 Å². The summed E-state index contributed by atoms with van der Waals surface area (Å²) in [5, 5.41) is 2.77. The highest BCUT2D eigenvalue weighted by atomic mass is 19.4. The van der Waals surface area contributed by atoms with Gasteiger partial charge in [0.1, 0.15) is 0 Å². The lowest BCUT2D eigenvalue weighted by Gasteiger charge is -2.12. The van der Waals surface area contributed by atoms with Crippen molar-refractivity contribution in [2.75, 3.05) is 0 Å². The molecule has 6 heteroatoms. The van der Waals surface area contributed by atoms with Gasteiger partial charge < -0.3 is 5.32 Å². The van der Waals surface area contributed by atoms with Crippen LogP contribution in [-0.4, -0.2) is 10.9 Å². The number of carbonyl (C=O) groups is 1. The van der Waals surface area contributed by atoms with Crippen molar-refractivity contribution in [2.45, 2.75) is 19.1 Å². The van der Waals surface area contributed by atoms with Crippen molar-refractivity contribution in [1.29, 1.82) is 0 Å². The highest BCUT2D eigenvalue weighted by molar-refractivity contribution is 5.91. The van der Waals surface area contributed by atoms with Crippen molar-refractivity contribution in [1.82, 2.24) is 10.3 Å². The van der Waals surface area contributed by atoms with Crippen LogP contribution in [0.25, 0.3) is 6.08 Å². The Morgan fingerprint density at radius 1 is 1.13 bits per heavy atom. The minimum Gasteiger partial charge on any atom is -0.346 e. The van der Waals surface area contributed by atoms with Crippen molar-refractivity contribution in [3.8, 4) is 0 Å². The molecule has 0 aliphatic carbocycles. The first-order chi connectivity index (χ1) is 10.9. The van der Waals surface area contributed by atoms with Crippen LogP contribution in [0.15, 0.2) is 54.9 Å². The summed E-state index contributed by atoms with van der Waals surface area (Å²) in [5.74, 6) is -0.325. The van der Waals surface area contributed by atoms with Gasteiger partial charge in [0.15, 0.2) is 0 Å². The molecule has 1 N–H and O–H groups in total. The standard InChI is InChI=1S/C17H15F3N2O/c1-12(14-8-10-21-11-9-14)22-16(23)7-4-13-2-5-15(6-3-13)17(18,19)20/h2-12H,1H3,(H,22,23)/b7-4+. The zero-order valence-corrected chi connectivity index (χ0v) is 12.3. The monoisotopic (exact) mass is 320 g/mol. The molecular weight excluding hydrogens is 305 g/mol. The number of pyridine rings is 1. The molecule has 2 rings (SSSR count). The highest BCUT2D eigenvalue weighted by Gasteiger charge is 2.29. The first kappa shape index (κ1) is 16.7. The van der Waals surface area contributed by atoms with E-state index in [-0.39, 0.29) is 11.9 Å². The lowest BCUT2D eigenvalue weighted by atomic mass is 10.1. The third-order valence-corrected chi connectivity index (χ3v) is 3.23. The predicted molar refractivity (Wildman–Crippen MR) is 81.3 cm³/mol. The number of rotatable bonds is 4. The van der Waals surface area contributed by atoms with Crippen LogP contribution in [0.3, 0.4) is 0 Å². The predicted octanol–water partition coefficient (Wildman–Crippen LogP) is 3.99. The second-order valence-electron chi connectivity index (χ2n) is 4.96. The summed E-state index contributed by atoms with van der Waals surface area (Å²) >= 11 is 0. The summed E-state index contributed by atoms with van der Waals surface area (Å²) in [4.78, 5) is 15.7. The first-order valence-corrected chi connectivity index (χ1v) is 6.92. The molecule has 2 aromatic rings. The number of benzene rings is 1. The number of hydrogen-bond acceptors (Lipinski definition) is 2. The van der Waals surface area contributed by atoms with Gasteiger partial charge in [-0.1, -0.05) is 12.1 Å². The number of nitrogens with one attached hydrogen (secondary N) is 1. The maximum Gasteiger partial charge on any atom is 0.416 e. The molecular formula is C17H15F3N2O. The molecule has 0 saturated carbocycles. The fraction of sp³-hybridized carbons (Fsp3) is 0.176. The maximum absolute atomic E-state index is 12.5. The van der Waals surface area contributed by atoms with Crippen molar-refractivity contribution < 1.29 is 18.0 Å². The van der Waals surface area contributed by atoms with E-state index in [9.17, 15) is 18.0 Å². The Hall–Kier alpha value is -2.63. The number of carbonyl (C=O) groups excluding carboxylic acids is 1. The average molecular weight is 320 g/mol. The zero-order chi connectivity index (χ0) is 16.9. The number of amides is 1. The molecule has 3 nitrogen and oxygen atoms in total. The topological polar surface area (TPSA) is 42.0 Å². The third kappa shape index (κ3) is 4.95. The highest BCUT2D eigenvalue weighted by Crippen LogP contribution is 2.29. The van der Waals surface area contributed by atoms with Crippen LogP contribution in [0.4, 0.5) is 13.2 Å². The molecule has 0 bridgehead atoms. The molecule has 1 aromatic heterocycles. The summed E-state index contributed by atoms with van der Waals surface area (Å²) in [6, 6.07) is 8.00. The number of halogens is 3. The molecule has 120 valence electrons. The van der Waals surface area contributed by atoms with E-state index in [0.717, 1.165) is 17.7 Å². The molecule has 1 heterocycles. The molecule has 1 amide bonds. The van der Waals surface area contributed by atoms with Crippen LogP contribution in [-0.2, 0) is 11.0 Å². The normalized spacial score (nSPS) is 13.0. The van der Waals surface area contributed by atoms with E-state index in [1.807, 2.05) is 6.92 Å². The van der Waals surface area contributed by atoms with Gasteiger partial charge in [-0.3, -0.25) is 9.78 Å². The van der Waals surface area contributed by atoms with Crippen LogP contribution in [0.1, 0.15) is 29.7 Å². The van der Waals surface area contributed by atoms with E-state index in [1.165, 1.54) is 24.3 Å². The molecule has 0 spiro atoms. The van der Waals surface area contributed by atoms with Crippen LogP contribution in [0.5, 0.6) is 0 Å². The quantitative estimate of drug-likeness (QED) is 0.866. The van der Waals surface area contributed by atoms with Gasteiger partial charge in [0.25, 0.3) is 0 Å². The third-order valence-electron chi connectivity index (χ3n) is 3.23. The minimum absolute atomic E-state index is 0.192. The van der Waals surface area contributed by atoms with Gasteiger partial charge in [-0.2, -0.15) is 13.2 Å². The number of aromatic nitrogens is 1. The maximum atomic E-state index is 12.5. The summed E-state index contributed by atoms with van der Waals surface area (Å²) in [6.07, 6.45) is 1.67. The van der Waals surface area contributed by atoms with Crippen molar-refractivity contribution in [2.24, 2.45) is 0 Å². The number of nitrogens with zero attached hydrogens (tertiary/aromatic N) is 1. The number of alkyl halides is 3. The van der Waals surface area contributed by atoms with Gasteiger partial charge in [-0.25, -0.2) is 0 Å². The SMILES string of the molecule is CC(NC(=O)/C=C/c1ccc(C(F)(F)F)cc1)c1ccncc1.